The topological polar surface area (TPSA) is 42.7 Å². The molecule has 0 aliphatic carbocycles. The summed E-state index contributed by atoms with van der Waals surface area (Å²) in [4.78, 5) is 0. The molecule has 0 spiro atoms. The fourth-order valence-electron chi connectivity index (χ4n) is 2.18. The highest BCUT2D eigenvalue weighted by Gasteiger charge is 2.18. The van der Waals surface area contributed by atoms with Crippen LogP contribution in [0.15, 0.2) is 6.20 Å². The predicted molar refractivity (Wildman–Crippen MR) is 73.2 cm³/mol. The van der Waals surface area contributed by atoms with E-state index < -0.39 is 0 Å². The van der Waals surface area contributed by atoms with E-state index in [2.05, 4.69) is 43.3 Å². The van der Waals surface area contributed by atoms with Crippen LogP contribution in [0.3, 0.4) is 0 Å². The minimum absolute atomic E-state index is 0. The van der Waals surface area contributed by atoms with Crippen molar-refractivity contribution >= 4 is 12.4 Å². The zero-order valence-corrected chi connectivity index (χ0v) is 12.3. The van der Waals surface area contributed by atoms with Crippen molar-refractivity contribution in [2.75, 3.05) is 6.54 Å². The number of hydrogen-bond acceptors (Lipinski definition) is 3. The van der Waals surface area contributed by atoms with Gasteiger partial charge in [-0.2, -0.15) is 0 Å². The predicted octanol–water partition coefficient (Wildman–Crippen LogP) is 2.40. The Labute approximate surface area is 111 Å². The molecule has 100 valence electrons. The molecule has 4 nitrogen and oxygen atoms in total. The Kier molecular flexibility index (Phi) is 6.72. The molecule has 0 amide bonds. The van der Waals surface area contributed by atoms with Gasteiger partial charge in [0.1, 0.15) is 0 Å². The van der Waals surface area contributed by atoms with Gasteiger partial charge in [-0.3, -0.25) is 4.68 Å². The minimum Gasteiger partial charge on any atom is -0.311 e. The second kappa shape index (κ2) is 6.97. The second-order valence-electron chi connectivity index (χ2n) is 5.71. The van der Waals surface area contributed by atoms with Crippen molar-refractivity contribution in [1.29, 1.82) is 0 Å². The number of halogens is 1. The molecule has 0 saturated carbocycles. The molecule has 5 heteroatoms. The van der Waals surface area contributed by atoms with Gasteiger partial charge in [0.25, 0.3) is 0 Å². The number of nitrogens with zero attached hydrogens (tertiary/aromatic N) is 3. The molecule has 0 bridgehead atoms. The highest BCUT2D eigenvalue weighted by atomic mass is 35.5. The molecule has 0 fully saturated rings. The van der Waals surface area contributed by atoms with Gasteiger partial charge >= 0.3 is 0 Å². The quantitative estimate of drug-likeness (QED) is 0.854. The third kappa shape index (κ3) is 6.03. The van der Waals surface area contributed by atoms with Crippen LogP contribution >= 0.6 is 12.4 Å². The summed E-state index contributed by atoms with van der Waals surface area (Å²) in [5.41, 5.74) is 1.47. The van der Waals surface area contributed by atoms with Crippen molar-refractivity contribution in [3.63, 3.8) is 0 Å². The molecular formula is C12H25ClN4. The van der Waals surface area contributed by atoms with Gasteiger partial charge in [-0.1, -0.05) is 32.9 Å². The number of nitrogens with one attached hydrogen (secondary N) is 1. The maximum Gasteiger partial charge on any atom is 0.0738 e. The summed E-state index contributed by atoms with van der Waals surface area (Å²) >= 11 is 0. The molecule has 0 aromatic carbocycles. The first-order chi connectivity index (χ1) is 7.41. The highest BCUT2D eigenvalue weighted by molar-refractivity contribution is 5.85. The molecule has 1 aromatic heterocycles. The molecule has 0 saturated heterocycles. The Morgan fingerprint density at radius 1 is 1.41 bits per heavy atom. The summed E-state index contributed by atoms with van der Waals surface area (Å²) in [6.07, 6.45) is 3.05. The van der Waals surface area contributed by atoms with Crippen LogP contribution in [0, 0.1) is 11.3 Å². The SMILES string of the molecule is CC(C)CC(C)(C)CNCc1cnnn1C.Cl. The average molecular weight is 261 g/mol. The first-order valence-electron chi connectivity index (χ1n) is 5.95. The van der Waals surface area contributed by atoms with Crippen LogP contribution in [-0.4, -0.2) is 21.5 Å². The van der Waals surface area contributed by atoms with Gasteiger partial charge in [0.2, 0.25) is 0 Å². The van der Waals surface area contributed by atoms with Crippen molar-refractivity contribution < 1.29 is 0 Å². The first kappa shape index (κ1) is 16.4. The molecule has 17 heavy (non-hydrogen) atoms. The lowest BCUT2D eigenvalue weighted by Gasteiger charge is -2.27. The lowest BCUT2D eigenvalue weighted by Crippen LogP contribution is -2.30. The van der Waals surface area contributed by atoms with Crippen LogP contribution in [0.25, 0.3) is 0 Å². The van der Waals surface area contributed by atoms with E-state index in [1.54, 1.807) is 0 Å². The van der Waals surface area contributed by atoms with Crippen LogP contribution in [0.2, 0.25) is 0 Å². The van der Waals surface area contributed by atoms with Gasteiger partial charge < -0.3 is 5.32 Å². The Balaban J connectivity index is 0.00000256. The number of aryl methyl sites for hydroxylation is 1. The van der Waals surface area contributed by atoms with Crippen LogP contribution in [-0.2, 0) is 13.6 Å². The Bertz CT molecular complexity index is 320. The second-order valence-corrected chi connectivity index (χ2v) is 5.71. The van der Waals surface area contributed by atoms with E-state index in [-0.39, 0.29) is 12.4 Å². The van der Waals surface area contributed by atoms with E-state index in [0.717, 1.165) is 24.7 Å². The van der Waals surface area contributed by atoms with E-state index >= 15 is 0 Å². The smallest absolute Gasteiger partial charge is 0.0738 e. The van der Waals surface area contributed by atoms with Gasteiger partial charge in [0, 0.05) is 20.1 Å². The maximum atomic E-state index is 3.91. The van der Waals surface area contributed by atoms with Gasteiger partial charge in [-0.25, -0.2) is 0 Å². The van der Waals surface area contributed by atoms with E-state index in [1.807, 2.05) is 17.9 Å². The Hall–Kier alpha value is -0.610. The zero-order chi connectivity index (χ0) is 12.2. The zero-order valence-electron chi connectivity index (χ0n) is 11.5. The standard InChI is InChI=1S/C12H24N4.ClH/c1-10(2)6-12(3,4)9-13-7-11-8-14-15-16(11)5;/h8,10,13H,6-7,9H2,1-5H3;1H. The van der Waals surface area contributed by atoms with Crippen LogP contribution in [0.4, 0.5) is 0 Å². The van der Waals surface area contributed by atoms with Crippen molar-refractivity contribution in [2.24, 2.45) is 18.4 Å². The summed E-state index contributed by atoms with van der Waals surface area (Å²) in [5, 5.41) is 11.2. The molecule has 1 rings (SSSR count). The third-order valence-electron chi connectivity index (χ3n) is 2.68. The van der Waals surface area contributed by atoms with Gasteiger partial charge in [-0.05, 0) is 17.8 Å². The minimum atomic E-state index is 0. The molecule has 0 unspecified atom stereocenters. The van der Waals surface area contributed by atoms with Gasteiger partial charge in [0.05, 0.1) is 11.9 Å². The molecule has 0 aliphatic rings. The molecule has 1 heterocycles. The van der Waals surface area contributed by atoms with Crippen molar-refractivity contribution in [2.45, 2.75) is 40.7 Å². The summed E-state index contributed by atoms with van der Waals surface area (Å²) in [7, 11) is 1.92. The fraction of sp³-hybridized carbons (Fsp3) is 0.833. The van der Waals surface area contributed by atoms with E-state index in [9.17, 15) is 0 Å². The monoisotopic (exact) mass is 260 g/mol. The number of aromatic nitrogens is 3. The summed E-state index contributed by atoms with van der Waals surface area (Å²) in [6.45, 7) is 11.0. The molecule has 0 atom stereocenters. The highest BCUT2D eigenvalue weighted by Crippen LogP contribution is 2.24. The molecule has 0 aliphatic heterocycles. The van der Waals surface area contributed by atoms with E-state index in [0.29, 0.717) is 5.41 Å². The first-order valence-corrected chi connectivity index (χ1v) is 5.95. The fourth-order valence-corrected chi connectivity index (χ4v) is 2.18. The summed E-state index contributed by atoms with van der Waals surface area (Å²) in [5.74, 6) is 0.746. The van der Waals surface area contributed by atoms with Crippen molar-refractivity contribution in [3.8, 4) is 0 Å². The Morgan fingerprint density at radius 2 is 2.06 bits per heavy atom. The van der Waals surface area contributed by atoms with Crippen LogP contribution in [0.5, 0.6) is 0 Å². The Morgan fingerprint density at radius 3 is 2.53 bits per heavy atom. The van der Waals surface area contributed by atoms with E-state index in [4.69, 9.17) is 0 Å². The summed E-state index contributed by atoms with van der Waals surface area (Å²) < 4.78 is 1.81. The van der Waals surface area contributed by atoms with Gasteiger partial charge in [0.15, 0.2) is 0 Å². The lowest BCUT2D eigenvalue weighted by atomic mass is 9.84. The summed E-state index contributed by atoms with van der Waals surface area (Å²) in [6, 6.07) is 0. The van der Waals surface area contributed by atoms with Crippen LogP contribution < -0.4 is 5.32 Å². The number of hydrogen-bond donors (Lipinski definition) is 1. The molecule has 1 N–H and O–H groups in total. The maximum absolute atomic E-state index is 3.91. The van der Waals surface area contributed by atoms with Crippen molar-refractivity contribution in [1.82, 2.24) is 20.3 Å². The van der Waals surface area contributed by atoms with Crippen LogP contribution in [0.1, 0.15) is 39.8 Å². The molecule has 1 aromatic rings. The number of rotatable bonds is 6. The lowest BCUT2D eigenvalue weighted by molar-refractivity contribution is 0.272. The molecular weight excluding hydrogens is 236 g/mol. The van der Waals surface area contributed by atoms with E-state index in [1.165, 1.54) is 6.42 Å². The largest absolute Gasteiger partial charge is 0.311 e. The van der Waals surface area contributed by atoms with Gasteiger partial charge in [-0.15, -0.1) is 17.5 Å². The normalized spacial score (nSPS) is 11.6. The van der Waals surface area contributed by atoms with Crippen molar-refractivity contribution in [3.05, 3.63) is 11.9 Å². The third-order valence-corrected chi connectivity index (χ3v) is 2.68. The average Bonchev–Trinajstić information content (AvgIpc) is 2.49. The molecule has 0 radical (unpaired) electrons.